The van der Waals surface area contributed by atoms with Gasteiger partial charge in [-0.2, -0.15) is 0 Å². The van der Waals surface area contributed by atoms with Crippen LogP contribution in [-0.2, 0) is 4.79 Å². The molecule has 0 aromatic heterocycles. The van der Waals surface area contributed by atoms with Gasteiger partial charge in [0.25, 0.3) is 0 Å². The smallest absolute Gasteiger partial charge is 0.225 e. The van der Waals surface area contributed by atoms with E-state index in [0.29, 0.717) is 11.9 Å². The van der Waals surface area contributed by atoms with E-state index in [1.807, 2.05) is 0 Å². The predicted molar refractivity (Wildman–Crippen MR) is 67.6 cm³/mol. The molecule has 1 N–H and O–H groups in total. The van der Waals surface area contributed by atoms with Gasteiger partial charge in [-0.3, -0.25) is 4.79 Å². The van der Waals surface area contributed by atoms with Crippen molar-refractivity contribution in [2.24, 2.45) is 5.92 Å². The number of hydrogen-bond acceptors (Lipinski definition) is 2. The van der Waals surface area contributed by atoms with Crippen LogP contribution in [-0.4, -0.2) is 35.1 Å². The second-order valence-electron chi connectivity index (χ2n) is 5.53. The first-order valence-electron chi connectivity index (χ1n) is 7.24. The van der Waals surface area contributed by atoms with Crippen molar-refractivity contribution in [1.29, 1.82) is 0 Å². The summed E-state index contributed by atoms with van der Waals surface area (Å²) in [6.45, 7) is 0.956. The molecule has 0 radical (unpaired) electrons. The van der Waals surface area contributed by atoms with Gasteiger partial charge in [0.15, 0.2) is 0 Å². The molecule has 17 heavy (non-hydrogen) atoms. The van der Waals surface area contributed by atoms with Crippen LogP contribution in [0.15, 0.2) is 0 Å². The fourth-order valence-corrected chi connectivity index (χ4v) is 3.00. The number of carbonyl (C=O) groups is 1. The third-order valence-corrected chi connectivity index (χ3v) is 4.31. The summed E-state index contributed by atoms with van der Waals surface area (Å²) >= 11 is 0. The molecule has 0 saturated heterocycles. The van der Waals surface area contributed by atoms with Gasteiger partial charge in [-0.15, -0.1) is 0 Å². The van der Waals surface area contributed by atoms with Gasteiger partial charge in [0.2, 0.25) is 5.91 Å². The van der Waals surface area contributed by atoms with Gasteiger partial charge in [0.05, 0.1) is 0 Å². The quantitative estimate of drug-likeness (QED) is 0.800. The first kappa shape index (κ1) is 12.9. The minimum atomic E-state index is 0.196. The fourth-order valence-electron chi connectivity index (χ4n) is 3.00. The standard InChI is InChI=1S/C14H25NO2/c16-11-5-10-15(13-8-4-9-13)14(17)12-6-2-1-3-7-12/h12-13,16H,1-11H2. The Balaban J connectivity index is 1.90. The Hall–Kier alpha value is -0.570. The van der Waals surface area contributed by atoms with Crippen LogP contribution in [0.4, 0.5) is 0 Å². The number of nitrogens with zero attached hydrogens (tertiary/aromatic N) is 1. The molecule has 0 aliphatic heterocycles. The molecule has 0 unspecified atom stereocenters. The van der Waals surface area contributed by atoms with Crippen LogP contribution in [0.3, 0.4) is 0 Å². The zero-order valence-electron chi connectivity index (χ0n) is 10.7. The summed E-state index contributed by atoms with van der Waals surface area (Å²) < 4.78 is 0. The molecule has 2 saturated carbocycles. The largest absolute Gasteiger partial charge is 0.396 e. The number of aliphatic hydroxyl groups is 1. The molecule has 0 aromatic rings. The van der Waals surface area contributed by atoms with Crippen LogP contribution in [0.2, 0.25) is 0 Å². The second kappa shape index (κ2) is 6.39. The molecule has 2 fully saturated rings. The first-order chi connectivity index (χ1) is 8.33. The Bertz CT molecular complexity index is 245. The molecular formula is C14H25NO2. The molecule has 0 atom stereocenters. The normalized spacial score (nSPS) is 22.2. The monoisotopic (exact) mass is 239 g/mol. The highest BCUT2D eigenvalue weighted by Crippen LogP contribution is 2.30. The first-order valence-corrected chi connectivity index (χ1v) is 7.24. The van der Waals surface area contributed by atoms with E-state index in [0.717, 1.165) is 25.8 Å². The summed E-state index contributed by atoms with van der Waals surface area (Å²) in [5.74, 6) is 0.658. The zero-order chi connectivity index (χ0) is 12.1. The number of aliphatic hydroxyl groups excluding tert-OH is 1. The van der Waals surface area contributed by atoms with Crippen molar-refractivity contribution in [3.8, 4) is 0 Å². The molecule has 3 nitrogen and oxygen atoms in total. The lowest BCUT2D eigenvalue weighted by atomic mass is 9.85. The average Bonchev–Trinajstić information content (AvgIpc) is 2.32. The third kappa shape index (κ3) is 3.21. The van der Waals surface area contributed by atoms with Gasteiger partial charge >= 0.3 is 0 Å². The van der Waals surface area contributed by atoms with Crippen LogP contribution >= 0.6 is 0 Å². The third-order valence-electron chi connectivity index (χ3n) is 4.31. The minimum Gasteiger partial charge on any atom is -0.396 e. The van der Waals surface area contributed by atoms with E-state index in [1.165, 1.54) is 38.5 Å². The summed E-state index contributed by atoms with van der Waals surface area (Å²) in [7, 11) is 0. The molecule has 0 aromatic carbocycles. The average molecular weight is 239 g/mol. The highest BCUT2D eigenvalue weighted by Gasteiger charge is 2.32. The van der Waals surface area contributed by atoms with E-state index >= 15 is 0 Å². The second-order valence-corrected chi connectivity index (χ2v) is 5.53. The summed E-state index contributed by atoms with van der Waals surface area (Å²) in [5.41, 5.74) is 0. The van der Waals surface area contributed by atoms with E-state index in [-0.39, 0.29) is 12.5 Å². The molecule has 3 heteroatoms. The van der Waals surface area contributed by atoms with Crippen LogP contribution in [0.1, 0.15) is 57.8 Å². The van der Waals surface area contributed by atoms with E-state index in [4.69, 9.17) is 5.11 Å². The maximum Gasteiger partial charge on any atom is 0.225 e. The summed E-state index contributed by atoms with van der Waals surface area (Å²) in [5, 5.41) is 8.94. The Kier molecular flexibility index (Phi) is 4.84. The van der Waals surface area contributed by atoms with Gasteiger partial charge in [0, 0.05) is 25.1 Å². The highest BCUT2D eigenvalue weighted by molar-refractivity contribution is 5.79. The molecule has 0 bridgehead atoms. The number of amides is 1. The molecule has 1 amide bonds. The molecule has 98 valence electrons. The zero-order valence-corrected chi connectivity index (χ0v) is 10.7. The molecule has 0 heterocycles. The summed E-state index contributed by atoms with van der Waals surface area (Å²) in [6, 6.07) is 0.482. The van der Waals surface area contributed by atoms with Gasteiger partial charge in [-0.25, -0.2) is 0 Å². The highest BCUT2D eigenvalue weighted by atomic mass is 16.3. The Morgan fingerprint density at radius 1 is 1.06 bits per heavy atom. The van der Waals surface area contributed by atoms with E-state index in [9.17, 15) is 4.79 Å². The lowest BCUT2D eigenvalue weighted by Gasteiger charge is -2.40. The van der Waals surface area contributed by atoms with Gasteiger partial charge in [-0.05, 0) is 38.5 Å². The Morgan fingerprint density at radius 3 is 2.29 bits per heavy atom. The minimum absolute atomic E-state index is 0.196. The van der Waals surface area contributed by atoms with Gasteiger partial charge in [0.1, 0.15) is 0 Å². The summed E-state index contributed by atoms with van der Waals surface area (Å²) in [4.78, 5) is 14.6. The number of hydrogen-bond donors (Lipinski definition) is 1. The lowest BCUT2D eigenvalue weighted by Crippen LogP contribution is -2.47. The van der Waals surface area contributed by atoms with Gasteiger partial charge in [-0.1, -0.05) is 19.3 Å². The van der Waals surface area contributed by atoms with Gasteiger partial charge < -0.3 is 10.0 Å². The van der Waals surface area contributed by atoms with Crippen molar-refractivity contribution in [2.75, 3.05) is 13.2 Å². The van der Waals surface area contributed by atoms with Crippen molar-refractivity contribution in [1.82, 2.24) is 4.90 Å². The lowest BCUT2D eigenvalue weighted by molar-refractivity contribution is -0.141. The van der Waals surface area contributed by atoms with Crippen molar-refractivity contribution in [3.63, 3.8) is 0 Å². The SMILES string of the molecule is O=C(C1CCCCC1)N(CCCO)C1CCC1. The molecular weight excluding hydrogens is 214 g/mol. The summed E-state index contributed by atoms with van der Waals surface area (Å²) in [6.07, 6.45) is 10.2. The Morgan fingerprint density at radius 2 is 1.76 bits per heavy atom. The molecule has 2 aliphatic rings. The molecule has 2 aliphatic carbocycles. The van der Waals surface area contributed by atoms with Crippen LogP contribution in [0, 0.1) is 5.92 Å². The topological polar surface area (TPSA) is 40.5 Å². The molecule has 0 spiro atoms. The number of rotatable bonds is 5. The van der Waals surface area contributed by atoms with Crippen molar-refractivity contribution >= 4 is 5.91 Å². The number of carbonyl (C=O) groups excluding carboxylic acids is 1. The van der Waals surface area contributed by atoms with E-state index in [2.05, 4.69) is 4.90 Å². The van der Waals surface area contributed by atoms with Crippen molar-refractivity contribution in [3.05, 3.63) is 0 Å². The van der Waals surface area contributed by atoms with Crippen molar-refractivity contribution < 1.29 is 9.90 Å². The van der Waals surface area contributed by atoms with Crippen LogP contribution < -0.4 is 0 Å². The Labute approximate surface area is 104 Å². The molecule has 2 rings (SSSR count). The maximum absolute atomic E-state index is 12.5. The van der Waals surface area contributed by atoms with E-state index < -0.39 is 0 Å². The maximum atomic E-state index is 12.5. The van der Waals surface area contributed by atoms with E-state index in [1.54, 1.807) is 0 Å². The van der Waals surface area contributed by atoms with Crippen molar-refractivity contribution in [2.45, 2.75) is 63.8 Å². The fraction of sp³-hybridized carbons (Fsp3) is 0.929. The van der Waals surface area contributed by atoms with Crippen LogP contribution in [0.5, 0.6) is 0 Å². The van der Waals surface area contributed by atoms with Crippen LogP contribution in [0.25, 0.3) is 0 Å². The predicted octanol–water partition coefficient (Wildman–Crippen LogP) is 2.33.